The Bertz CT molecular complexity index is 373. The molecule has 1 saturated carbocycles. The number of nitrogens with one attached hydrogen (secondary N) is 1. The van der Waals surface area contributed by atoms with Crippen molar-refractivity contribution in [2.45, 2.75) is 32.4 Å². The van der Waals surface area contributed by atoms with E-state index < -0.39 is 0 Å². The summed E-state index contributed by atoms with van der Waals surface area (Å²) in [5, 5.41) is 2.74. The first-order valence-electron chi connectivity index (χ1n) is 6.24. The Kier molecular flexibility index (Phi) is 3.67. The molecule has 1 N–H and O–H groups in total. The van der Waals surface area contributed by atoms with Gasteiger partial charge in [0.05, 0.1) is 0 Å². The lowest BCUT2D eigenvalue weighted by molar-refractivity contribution is 0.169. The van der Waals surface area contributed by atoms with Crippen LogP contribution in [0.5, 0.6) is 0 Å². The van der Waals surface area contributed by atoms with Crippen molar-refractivity contribution in [3.63, 3.8) is 0 Å². The Morgan fingerprint density at radius 1 is 1.41 bits per heavy atom. The van der Waals surface area contributed by atoms with Gasteiger partial charge in [0.2, 0.25) is 0 Å². The number of amides is 2. The van der Waals surface area contributed by atoms with E-state index in [9.17, 15) is 4.79 Å². The van der Waals surface area contributed by atoms with Crippen LogP contribution in [-0.2, 0) is 6.54 Å². The van der Waals surface area contributed by atoms with Crippen LogP contribution >= 0.6 is 0 Å². The zero-order chi connectivity index (χ0) is 12.3. The molecule has 0 aromatic heterocycles. The van der Waals surface area contributed by atoms with Gasteiger partial charge in [-0.15, -0.1) is 0 Å². The Balaban J connectivity index is 2.07. The first-order valence-corrected chi connectivity index (χ1v) is 6.24. The van der Waals surface area contributed by atoms with Crippen molar-refractivity contribution >= 4 is 6.03 Å². The minimum atomic E-state index is 0.0215. The number of benzene rings is 1. The standard InChI is InChI=1S/C14H20N2O/c1-11(13-8-9-13)16(14(17)15-2)10-12-6-4-3-5-7-12/h3-7,11,13H,8-10H2,1-2H3,(H,15,17). The molecular formula is C14H20N2O. The van der Waals surface area contributed by atoms with Crippen molar-refractivity contribution in [1.29, 1.82) is 0 Å². The molecule has 1 aliphatic rings. The molecule has 1 aromatic carbocycles. The van der Waals surface area contributed by atoms with Crippen molar-refractivity contribution in [1.82, 2.24) is 10.2 Å². The van der Waals surface area contributed by atoms with Crippen LogP contribution in [0.15, 0.2) is 30.3 Å². The number of urea groups is 1. The zero-order valence-electron chi connectivity index (χ0n) is 10.5. The predicted octanol–water partition coefficient (Wildman–Crippen LogP) is 2.63. The fraction of sp³-hybridized carbons (Fsp3) is 0.500. The summed E-state index contributed by atoms with van der Waals surface area (Å²) in [5.74, 6) is 0.691. The summed E-state index contributed by atoms with van der Waals surface area (Å²) in [7, 11) is 1.69. The SMILES string of the molecule is CNC(=O)N(Cc1ccccc1)C(C)C1CC1. The number of carbonyl (C=O) groups excluding carboxylic acids is 1. The molecule has 17 heavy (non-hydrogen) atoms. The van der Waals surface area contributed by atoms with Gasteiger partial charge >= 0.3 is 6.03 Å². The molecule has 0 spiro atoms. The van der Waals surface area contributed by atoms with Gasteiger partial charge in [-0.1, -0.05) is 30.3 Å². The van der Waals surface area contributed by atoms with Crippen LogP contribution in [-0.4, -0.2) is 24.0 Å². The third kappa shape index (κ3) is 2.99. The van der Waals surface area contributed by atoms with E-state index in [1.807, 2.05) is 23.1 Å². The number of rotatable bonds is 4. The van der Waals surface area contributed by atoms with Gasteiger partial charge in [0.15, 0.2) is 0 Å². The molecule has 92 valence electrons. The highest BCUT2D eigenvalue weighted by Crippen LogP contribution is 2.35. The molecule has 1 aliphatic carbocycles. The molecule has 0 radical (unpaired) electrons. The molecule has 3 nitrogen and oxygen atoms in total. The molecule has 3 heteroatoms. The molecule has 0 heterocycles. The largest absolute Gasteiger partial charge is 0.341 e. The third-order valence-electron chi connectivity index (χ3n) is 3.47. The minimum Gasteiger partial charge on any atom is -0.341 e. The zero-order valence-corrected chi connectivity index (χ0v) is 10.5. The first kappa shape index (κ1) is 12.0. The van der Waals surface area contributed by atoms with E-state index in [1.165, 1.54) is 18.4 Å². The van der Waals surface area contributed by atoms with E-state index in [-0.39, 0.29) is 6.03 Å². The second kappa shape index (κ2) is 5.21. The number of nitrogens with zero attached hydrogens (tertiary/aromatic N) is 1. The van der Waals surface area contributed by atoms with Crippen LogP contribution in [0.1, 0.15) is 25.3 Å². The fourth-order valence-corrected chi connectivity index (χ4v) is 2.16. The van der Waals surface area contributed by atoms with Gasteiger partial charge in [-0.3, -0.25) is 0 Å². The van der Waals surface area contributed by atoms with Crippen molar-refractivity contribution in [3.05, 3.63) is 35.9 Å². The summed E-state index contributed by atoms with van der Waals surface area (Å²) in [6.07, 6.45) is 2.51. The lowest BCUT2D eigenvalue weighted by Gasteiger charge is -2.29. The maximum Gasteiger partial charge on any atom is 0.317 e. The summed E-state index contributed by atoms with van der Waals surface area (Å²) < 4.78 is 0. The Hall–Kier alpha value is -1.51. The van der Waals surface area contributed by atoms with Gasteiger partial charge in [0.1, 0.15) is 0 Å². The minimum absolute atomic E-state index is 0.0215. The van der Waals surface area contributed by atoms with Crippen molar-refractivity contribution in [2.24, 2.45) is 5.92 Å². The third-order valence-corrected chi connectivity index (χ3v) is 3.47. The molecule has 2 rings (SSSR count). The van der Waals surface area contributed by atoms with E-state index in [1.54, 1.807) is 7.05 Å². The van der Waals surface area contributed by atoms with Crippen LogP contribution in [0.4, 0.5) is 4.79 Å². The average Bonchev–Trinajstić information content (AvgIpc) is 3.20. The quantitative estimate of drug-likeness (QED) is 0.850. The van der Waals surface area contributed by atoms with Gasteiger partial charge in [-0.2, -0.15) is 0 Å². The molecule has 1 aromatic rings. The van der Waals surface area contributed by atoms with E-state index in [4.69, 9.17) is 0 Å². The second-order valence-corrected chi connectivity index (χ2v) is 4.75. The predicted molar refractivity (Wildman–Crippen MR) is 68.6 cm³/mol. The molecule has 1 unspecified atom stereocenters. The molecule has 2 amide bonds. The summed E-state index contributed by atoms with van der Waals surface area (Å²) in [4.78, 5) is 13.8. The Morgan fingerprint density at radius 3 is 2.59 bits per heavy atom. The summed E-state index contributed by atoms with van der Waals surface area (Å²) in [6.45, 7) is 2.84. The number of hydrogen-bond acceptors (Lipinski definition) is 1. The highest BCUT2D eigenvalue weighted by Gasteiger charge is 2.33. The highest BCUT2D eigenvalue weighted by molar-refractivity contribution is 5.74. The van der Waals surface area contributed by atoms with Crippen LogP contribution < -0.4 is 5.32 Å². The molecular weight excluding hydrogens is 212 g/mol. The van der Waals surface area contributed by atoms with Crippen LogP contribution in [0.2, 0.25) is 0 Å². The lowest BCUT2D eigenvalue weighted by Crippen LogP contribution is -2.44. The van der Waals surface area contributed by atoms with Crippen molar-refractivity contribution in [3.8, 4) is 0 Å². The van der Waals surface area contributed by atoms with Crippen LogP contribution in [0.25, 0.3) is 0 Å². The van der Waals surface area contributed by atoms with E-state index in [0.29, 0.717) is 18.5 Å². The van der Waals surface area contributed by atoms with Gasteiger partial charge in [0, 0.05) is 19.6 Å². The molecule has 1 atom stereocenters. The maximum atomic E-state index is 11.9. The van der Waals surface area contributed by atoms with Gasteiger partial charge in [-0.25, -0.2) is 4.79 Å². The number of carbonyl (C=O) groups is 1. The van der Waals surface area contributed by atoms with Gasteiger partial charge in [0.25, 0.3) is 0 Å². The number of hydrogen-bond donors (Lipinski definition) is 1. The van der Waals surface area contributed by atoms with E-state index in [2.05, 4.69) is 24.4 Å². The molecule has 0 aliphatic heterocycles. The normalized spacial score (nSPS) is 16.4. The molecule has 0 bridgehead atoms. The summed E-state index contributed by atoms with van der Waals surface area (Å²) >= 11 is 0. The van der Waals surface area contributed by atoms with Crippen LogP contribution in [0, 0.1) is 5.92 Å². The molecule has 0 saturated heterocycles. The summed E-state index contributed by atoms with van der Waals surface area (Å²) in [5.41, 5.74) is 1.18. The monoisotopic (exact) mass is 232 g/mol. The Labute approximate surface area is 103 Å². The summed E-state index contributed by atoms with van der Waals surface area (Å²) in [6, 6.07) is 10.5. The van der Waals surface area contributed by atoms with Crippen LogP contribution in [0.3, 0.4) is 0 Å². The van der Waals surface area contributed by atoms with Crippen molar-refractivity contribution < 1.29 is 4.79 Å². The highest BCUT2D eigenvalue weighted by atomic mass is 16.2. The van der Waals surface area contributed by atoms with Crippen molar-refractivity contribution in [2.75, 3.05) is 7.05 Å². The second-order valence-electron chi connectivity index (χ2n) is 4.75. The maximum absolute atomic E-state index is 11.9. The first-order chi connectivity index (χ1) is 8.22. The fourth-order valence-electron chi connectivity index (χ4n) is 2.16. The van der Waals surface area contributed by atoms with Gasteiger partial charge < -0.3 is 10.2 Å². The Morgan fingerprint density at radius 2 is 2.06 bits per heavy atom. The molecule has 1 fully saturated rings. The smallest absolute Gasteiger partial charge is 0.317 e. The van der Waals surface area contributed by atoms with E-state index in [0.717, 1.165) is 0 Å². The lowest BCUT2D eigenvalue weighted by atomic mass is 10.1. The van der Waals surface area contributed by atoms with Gasteiger partial charge in [-0.05, 0) is 31.2 Å². The topological polar surface area (TPSA) is 32.3 Å². The van der Waals surface area contributed by atoms with E-state index >= 15 is 0 Å². The average molecular weight is 232 g/mol.